The van der Waals surface area contributed by atoms with E-state index in [9.17, 15) is 9.59 Å². The van der Waals surface area contributed by atoms with E-state index >= 15 is 0 Å². The normalized spacial score (nSPS) is 16.6. The lowest BCUT2D eigenvalue weighted by molar-refractivity contribution is -0.129. The smallest absolute Gasteiger partial charge is 0.256 e. The van der Waals surface area contributed by atoms with Gasteiger partial charge in [0, 0.05) is 44.1 Å². The molecule has 0 radical (unpaired) electrons. The Hall–Kier alpha value is -3.29. The summed E-state index contributed by atoms with van der Waals surface area (Å²) in [6.45, 7) is 1.32. The first kappa shape index (κ1) is 17.1. The number of amides is 2. The lowest BCUT2D eigenvalue weighted by atomic mass is 10.0. The number of aromatic nitrogens is 4. The molecule has 0 saturated carbocycles. The molecule has 3 aromatic rings. The van der Waals surface area contributed by atoms with Gasteiger partial charge < -0.3 is 10.2 Å². The molecule has 1 atom stereocenters. The first-order valence-electron chi connectivity index (χ1n) is 8.89. The third-order valence-corrected chi connectivity index (χ3v) is 4.92. The zero-order chi connectivity index (χ0) is 18.8. The molecule has 1 N–H and O–H groups in total. The van der Waals surface area contributed by atoms with Crippen molar-refractivity contribution in [2.24, 2.45) is 0 Å². The third-order valence-electron chi connectivity index (χ3n) is 4.92. The van der Waals surface area contributed by atoms with Crippen molar-refractivity contribution in [2.75, 3.05) is 20.1 Å². The maximum atomic E-state index is 12.6. The van der Waals surface area contributed by atoms with Gasteiger partial charge in [0.05, 0.1) is 18.3 Å². The Bertz CT molecular complexity index is 984. The molecule has 0 aliphatic carbocycles. The first-order chi connectivity index (χ1) is 13.2. The number of rotatable bonds is 4. The topological polar surface area (TPSA) is 92.5 Å². The van der Waals surface area contributed by atoms with Gasteiger partial charge in [-0.25, -0.2) is 9.50 Å². The van der Waals surface area contributed by atoms with E-state index in [0.717, 1.165) is 17.8 Å². The highest BCUT2D eigenvalue weighted by Gasteiger charge is 2.29. The molecule has 1 aliphatic heterocycles. The van der Waals surface area contributed by atoms with Gasteiger partial charge in [0.2, 0.25) is 5.91 Å². The van der Waals surface area contributed by atoms with Crippen LogP contribution >= 0.6 is 0 Å². The number of hydrogen-bond acceptors (Lipinski definition) is 5. The molecule has 8 heteroatoms. The minimum absolute atomic E-state index is 0.0769. The van der Waals surface area contributed by atoms with Crippen molar-refractivity contribution in [3.8, 4) is 0 Å². The van der Waals surface area contributed by atoms with Crippen molar-refractivity contribution in [1.82, 2.24) is 29.8 Å². The molecule has 1 aliphatic rings. The van der Waals surface area contributed by atoms with Gasteiger partial charge in [-0.1, -0.05) is 6.07 Å². The molecule has 4 heterocycles. The van der Waals surface area contributed by atoms with Gasteiger partial charge in [0.1, 0.15) is 5.56 Å². The van der Waals surface area contributed by atoms with E-state index in [1.807, 2.05) is 29.2 Å². The molecule has 4 rings (SSSR count). The summed E-state index contributed by atoms with van der Waals surface area (Å²) in [5, 5.41) is 6.95. The van der Waals surface area contributed by atoms with Crippen LogP contribution in [0.1, 0.15) is 34.1 Å². The van der Waals surface area contributed by atoms with Gasteiger partial charge >= 0.3 is 0 Å². The summed E-state index contributed by atoms with van der Waals surface area (Å²) < 4.78 is 1.71. The van der Waals surface area contributed by atoms with Crippen molar-refractivity contribution in [2.45, 2.75) is 18.8 Å². The molecule has 27 heavy (non-hydrogen) atoms. The van der Waals surface area contributed by atoms with Crippen molar-refractivity contribution in [3.63, 3.8) is 0 Å². The molecule has 1 fully saturated rings. The largest absolute Gasteiger partial charge is 0.355 e. The van der Waals surface area contributed by atoms with E-state index in [0.29, 0.717) is 30.7 Å². The van der Waals surface area contributed by atoms with E-state index in [1.54, 1.807) is 24.0 Å². The average molecular weight is 364 g/mol. The van der Waals surface area contributed by atoms with Crippen LogP contribution in [0.3, 0.4) is 0 Å². The van der Waals surface area contributed by atoms with Crippen LogP contribution in [-0.4, -0.2) is 56.4 Å². The fraction of sp³-hybridized carbons (Fsp3) is 0.316. The molecular weight excluding hydrogens is 344 g/mol. The lowest BCUT2D eigenvalue weighted by Crippen LogP contribution is -2.30. The summed E-state index contributed by atoms with van der Waals surface area (Å²) in [5.74, 6) is 0.0156. The molecule has 0 spiro atoms. The zero-order valence-electron chi connectivity index (χ0n) is 15.0. The Morgan fingerprint density at radius 1 is 1.22 bits per heavy atom. The highest BCUT2D eigenvalue weighted by molar-refractivity contribution is 5.99. The lowest BCUT2D eigenvalue weighted by Gasteiger charge is -2.17. The third kappa shape index (κ3) is 3.25. The van der Waals surface area contributed by atoms with Crippen LogP contribution in [0.2, 0.25) is 0 Å². The van der Waals surface area contributed by atoms with Crippen molar-refractivity contribution in [3.05, 3.63) is 59.8 Å². The summed E-state index contributed by atoms with van der Waals surface area (Å²) in [6, 6.07) is 7.50. The minimum atomic E-state index is -0.215. The maximum absolute atomic E-state index is 12.6. The number of nitrogens with zero attached hydrogens (tertiary/aromatic N) is 5. The van der Waals surface area contributed by atoms with E-state index < -0.39 is 0 Å². The molecule has 2 amide bonds. The van der Waals surface area contributed by atoms with E-state index in [4.69, 9.17) is 0 Å². The van der Waals surface area contributed by atoms with E-state index in [2.05, 4.69) is 20.4 Å². The van der Waals surface area contributed by atoms with Gasteiger partial charge in [-0.15, -0.1) is 0 Å². The highest BCUT2D eigenvalue weighted by Crippen LogP contribution is 2.28. The Morgan fingerprint density at radius 3 is 2.89 bits per heavy atom. The van der Waals surface area contributed by atoms with Gasteiger partial charge in [-0.3, -0.25) is 14.6 Å². The molecule has 3 aromatic heterocycles. The maximum Gasteiger partial charge on any atom is 0.256 e. The number of carbonyl (C=O) groups excluding carboxylic acids is 2. The summed E-state index contributed by atoms with van der Waals surface area (Å²) in [4.78, 5) is 35.0. The molecule has 1 unspecified atom stereocenters. The molecule has 0 bridgehead atoms. The Labute approximate surface area is 156 Å². The molecule has 8 nitrogen and oxygen atoms in total. The van der Waals surface area contributed by atoms with Crippen LogP contribution in [0.25, 0.3) is 5.65 Å². The first-order valence-corrected chi connectivity index (χ1v) is 8.89. The summed E-state index contributed by atoms with van der Waals surface area (Å²) in [6.07, 6.45) is 6.08. The van der Waals surface area contributed by atoms with Gasteiger partial charge in [-0.05, 0) is 24.6 Å². The predicted molar refractivity (Wildman–Crippen MR) is 98.3 cm³/mol. The van der Waals surface area contributed by atoms with Crippen molar-refractivity contribution >= 4 is 17.5 Å². The Balaban J connectivity index is 1.53. The Morgan fingerprint density at radius 2 is 2.11 bits per heavy atom. The Kier molecular flexibility index (Phi) is 4.53. The number of carbonyl (C=O) groups is 2. The van der Waals surface area contributed by atoms with E-state index in [1.165, 1.54) is 6.20 Å². The van der Waals surface area contributed by atoms with Gasteiger partial charge in [0.25, 0.3) is 5.91 Å². The fourth-order valence-corrected chi connectivity index (χ4v) is 3.51. The summed E-state index contributed by atoms with van der Waals surface area (Å²) in [7, 11) is 1.58. The second kappa shape index (κ2) is 7.14. The molecule has 138 valence electrons. The molecule has 1 saturated heterocycles. The number of fused-ring (bicyclic) bond motifs is 1. The monoisotopic (exact) mass is 364 g/mol. The summed E-state index contributed by atoms with van der Waals surface area (Å²) >= 11 is 0. The summed E-state index contributed by atoms with van der Waals surface area (Å²) in [5.41, 5.74) is 2.72. The number of nitrogens with one attached hydrogen (secondary N) is 1. The quantitative estimate of drug-likeness (QED) is 0.747. The molecule has 0 aromatic carbocycles. The van der Waals surface area contributed by atoms with Crippen molar-refractivity contribution < 1.29 is 9.59 Å². The van der Waals surface area contributed by atoms with Crippen molar-refractivity contribution in [1.29, 1.82) is 0 Å². The number of likely N-dealkylation sites (tertiary alicyclic amines) is 1. The van der Waals surface area contributed by atoms with E-state index in [-0.39, 0.29) is 17.7 Å². The van der Waals surface area contributed by atoms with Gasteiger partial charge in [-0.2, -0.15) is 5.10 Å². The van der Waals surface area contributed by atoms with Crippen LogP contribution in [0.4, 0.5) is 0 Å². The van der Waals surface area contributed by atoms with Crippen LogP contribution in [0.15, 0.2) is 42.9 Å². The number of hydrogen-bond donors (Lipinski definition) is 1. The standard InChI is InChI=1S/C19H20N6O2/c1-20-19(27)15-11-23-25-16(5-8-22-18(15)25)13-6-9-24(12-13)17(26)10-14-4-2-3-7-21-14/h2-5,7-8,11,13H,6,9-10,12H2,1H3,(H,20,27). The second-order valence-corrected chi connectivity index (χ2v) is 6.57. The fourth-order valence-electron chi connectivity index (χ4n) is 3.51. The molecular formula is C19H20N6O2. The minimum Gasteiger partial charge on any atom is -0.355 e. The second-order valence-electron chi connectivity index (χ2n) is 6.57. The average Bonchev–Trinajstić information content (AvgIpc) is 3.35. The van der Waals surface area contributed by atoms with Crippen LogP contribution in [0.5, 0.6) is 0 Å². The van der Waals surface area contributed by atoms with Gasteiger partial charge in [0.15, 0.2) is 5.65 Å². The predicted octanol–water partition coefficient (Wildman–Crippen LogP) is 1.04. The van der Waals surface area contributed by atoms with Crippen LogP contribution in [0, 0.1) is 0 Å². The zero-order valence-corrected chi connectivity index (χ0v) is 15.0. The highest BCUT2D eigenvalue weighted by atomic mass is 16.2. The SMILES string of the molecule is CNC(=O)c1cnn2c(C3CCN(C(=O)Cc4ccccn4)C3)ccnc12. The van der Waals surface area contributed by atoms with Crippen LogP contribution < -0.4 is 5.32 Å². The number of pyridine rings is 1. The van der Waals surface area contributed by atoms with Crippen LogP contribution in [-0.2, 0) is 11.2 Å².